The van der Waals surface area contributed by atoms with E-state index in [0.717, 1.165) is 0 Å². The Morgan fingerprint density at radius 2 is 1.76 bits per heavy atom. The van der Waals surface area contributed by atoms with Crippen LogP contribution in [0.15, 0.2) is 36.4 Å². The van der Waals surface area contributed by atoms with Gasteiger partial charge in [0, 0.05) is 21.7 Å². The summed E-state index contributed by atoms with van der Waals surface area (Å²) in [5.41, 5.74) is 0.707. The molecule has 0 saturated heterocycles. The molecule has 0 radical (unpaired) electrons. The lowest BCUT2D eigenvalue weighted by molar-refractivity contribution is -0.136. The number of carboxylic acid groups (broad SMARTS) is 1. The predicted octanol–water partition coefficient (Wildman–Crippen LogP) is 3.56. The van der Waals surface area contributed by atoms with Gasteiger partial charge in [-0.1, -0.05) is 35.3 Å². The SMILES string of the molecule is O=C(O)Cc1ccc(C(=O)c2ccc(Cl)cc2Cl)cc1O. The van der Waals surface area contributed by atoms with Crippen LogP contribution in [0.25, 0.3) is 0 Å². The number of phenols is 1. The monoisotopic (exact) mass is 324 g/mol. The van der Waals surface area contributed by atoms with Gasteiger partial charge in [0.05, 0.1) is 11.4 Å². The van der Waals surface area contributed by atoms with E-state index in [9.17, 15) is 14.7 Å². The van der Waals surface area contributed by atoms with Gasteiger partial charge in [-0.15, -0.1) is 0 Å². The number of carbonyl (C=O) groups excluding carboxylic acids is 1. The number of ketones is 1. The van der Waals surface area contributed by atoms with Gasteiger partial charge in [0.15, 0.2) is 5.78 Å². The van der Waals surface area contributed by atoms with Gasteiger partial charge < -0.3 is 10.2 Å². The second-order valence-corrected chi connectivity index (χ2v) is 5.21. The Bertz CT molecular complexity index is 726. The number of hydrogen-bond acceptors (Lipinski definition) is 3. The van der Waals surface area contributed by atoms with Crippen LogP contribution in [0.1, 0.15) is 21.5 Å². The minimum absolute atomic E-state index is 0.210. The van der Waals surface area contributed by atoms with Crippen molar-refractivity contribution in [2.75, 3.05) is 0 Å². The third-order valence-electron chi connectivity index (χ3n) is 2.86. The largest absolute Gasteiger partial charge is 0.508 e. The van der Waals surface area contributed by atoms with Crippen LogP contribution in [0, 0.1) is 0 Å². The summed E-state index contributed by atoms with van der Waals surface area (Å²) in [6.07, 6.45) is -0.317. The molecule has 0 aliphatic carbocycles. The van der Waals surface area contributed by atoms with E-state index in [2.05, 4.69) is 0 Å². The van der Waals surface area contributed by atoms with Crippen molar-refractivity contribution in [2.24, 2.45) is 0 Å². The average molecular weight is 325 g/mol. The minimum atomic E-state index is -1.06. The molecule has 108 valence electrons. The van der Waals surface area contributed by atoms with Crippen LogP contribution >= 0.6 is 23.2 Å². The second kappa shape index (κ2) is 6.16. The van der Waals surface area contributed by atoms with E-state index in [4.69, 9.17) is 28.3 Å². The van der Waals surface area contributed by atoms with E-state index >= 15 is 0 Å². The summed E-state index contributed by atoms with van der Waals surface area (Å²) in [4.78, 5) is 22.9. The topological polar surface area (TPSA) is 74.6 Å². The Hall–Kier alpha value is -2.04. The molecule has 6 heteroatoms. The van der Waals surface area contributed by atoms with Crippen molar-refractivity contribution >= 4 is 35.0 Å². The van der Waals surface area contributed by atoms with Crippen molar-refractivity contribution in [2.45, 2.75) is 6.42 Å². The van der Waals surface area contributed by atoms with Crippen molar-refractivity contribution in [3.8, 4) is 5.75 Å². The molecule has 4 nitrogen and oxygen atoms in total. The van der Waals surface area contributed by atoms with Gasteiger partial charge in [0.2, 0.25) is 0 Å². The maximum atomic E-state index is 12.3. The molecule has 2 rings (SSSR count). The van der Waals surface area contributed by atoms with Gasteiger partial charge in [-0.3, -0.25) is 9.59 Å². The number of aromatic hydroxyl groups is 1. The molecule has 0 aromatic heterocycles. The molecule has 21 heavy (non-hydrogen) atoms. The molecule has 0 atom stereocenters. The Morgan fingerprint density at radius 1 is 1.05 bits per heavy atom. The molecule has 0 amide bonds. The fourth-order valence-corrected chi connectivity index (χ4v) is 2.34. The highest BCUT2D eigenvalue weighted by Crippen LogP contribution is 2.26. The molecule has 0 heterocycles. The smallest absolute Gasteiger partial charge is 0.307 e. The van der Waals surface area contributed by atoms with Crippen LogP contribution in [0.5, 0.6) is 5.75 Å². The zero-order chi connectivity index (χ0) is 15.6. The molecular formula is C15H10Cl2O4. The van der Waals surface area contributed by atoms with E-state index in [1.54, 1.807) is 6.07 Å². The highest BCUT2D eigenvalue weighted by atomic mass is 35.5. The van der Waals surface area contributed by atoms with Gasteiger partial charge in [0.25, 0.3) is 0 Å². The molecule has 0 aliphatic heterocycles. The zero-order valence-corrected chi connectivity index (χ0v) is 12.1. The number of carboxylic acids is 1. The fourth-order valence-electron chi connectivity index (χ4n) is 1.85. The van der Waals surface area contributed by atoms with E-state index in [0.29, 0.717) is 5.02 Å². The molecule has 0 spiro atoms. The number of hydrogen-bond donors (Lipinski definition) is 2. The van der Waals surface area contributed by atoms with Gasteiger partial charge >= 0.3 is 5.97 Å². The van der Waals surface area contributed by atoms with Crippen LogP contribution < -0.4 is 0 Å². The maximum absolute atomic E-state index is 12.3. The highest BCUT2D eigenvalue weighted by Gasteiger charge is 2.15. The average Bonchev–Trinajstić information content (AvgIpc) is 2.40. The lowest BCUT2D eigenvalue weighted by Crippen LogP contribution is -2.04. The first kappa shape index (κ1) is 15.4. The third-order valence-corrected chi connectivity index (χ3v) is 3.41. The maximum Gasteiger partial charge on any atom is 0.307 e. The van der Waals surface area contributed by atoms with Crippen molar-refractivity contribution in [1.29, 1.82) is 0 Å². The van der Waals surface area contributed by atoms with Gasteiger partial charge in [-0.2, -0.15) is 0 Å². The standard InChI is InChI=1S/C15H10Cl2O4/c16-10-3-4-11(12(17)7-10)15(21)9-2-1-8(6-14(19)20)13(18)5-9/h1-5,7,18H,6H2,(H,19,20). The lowest BCUT2D eigenvalue weighted by Gasteiger charge is -2.07. The van der Waals surface area contributed by atoms with Crippen LogP contribution in [-0.4, -0.2) is 22.0 Å². The molecule has 0 aliphatic rings. The lowest BCUT2D eigenvalue weighted by atomic mass is 10.0. The van der Waals surface area contributed by atoms with E-state index in [1.165, 1.54) is 30.3 Å². The minimum Gasteiger partial charge on any atom is -0.508 e. The van der Waals surface area contributed by atoms with Gasteiger partial charge in [-0.05, 0) is 24.3 Å². The Balaban J connectivity index is 2.35. The molecular weight excluding hydrogens is 315 g/mol. The molecule has 0 fully saturated rings. The van der Waals surface area contributed by atoms with E-state index in [1.807, 2.05) is 0 Å². The van der Waals surface area contributed by atoms with Gasteiger partial charge in [-0.25, -0.2) is 0 Å². The van der Waals surface area contributed by atoms with E-state index in [-0.39, 0.29) is 39.7 Å². The number of carbonyl (C=O) groups is 2. The Labute approximate surface area is 130 Å². The Morgan fingerprint density at radius 3 is 2.33 bits per heavy atom. The van der Waals surface area contributed by atoms with Crippen molar-refractivity contribution in [3.05, 3.63) is 63.1 Å². The summed E-state index contributed by atoms with van der Waals surface area (Å²) >= 11 is 11.7. The summed E-state index contributed by atoms with van der Waals surface area (Å²) in [7, 11) is 0. The molecule has 0 unspecified atom stereocenters. The number of aliphatic carboxylic acids is 1. The second-order valence-electron chi connectivity index (χ2n) is 4.37. The highest BCUT2D eigenvalue weighted by molar-refractivity contribution is 6.37. The third kappa shape index (κ3) is 3.54. The van der Waals surface area contributed by atoms with Crippen LogP contribution in [0.3, 0.4) is 0 Å². The van der Waals surface area contributed by atoms with Crippen molar-refractivity contribution < 1.29 is 19.8 Å². The first-order chi connectivity index (χ1) is 9.88. The predicted molar refractivity (Wildman–Crippen MR) is 79.3 cm³/mol. The van der Waals surface area contributed by atoms with Crippen LogP contribution in [0.2, 0.25) is 10.0 Å². The number of benzene rings is 2. The van der Waals surface area contributed by atoms with Gasteiger partial charge in [0.1, 0.15) is 5.75 Å². The summed E-state index contributed by atoms with van der Waals surface area (Å²) < 4.78 is 0. The zero-order valence-electron chi connectivity index (χ0n) is 10.6. The number of phenolic OH excluding ortho intramolecular Hbond substituents is 1. The quantitative estimate of drug-likeness (QED) is 0.843. The summed E-state index contributed by atoms with van der Waals surface area (Å²) in [5, 5.41) is 19.1. The molecule has 2 aromatic carbocycles. The normalized spacial score (nSPS) is 10.4. The van der Waals surface area contributed by atoms with Crippen LogP contribution in [-0.2, 0) is 11.2 Å². The van der Waals surface area contributed by atoms with Crippen molar-refractivity contribution in [1.82, 2.24) is 0 Å². The Kier molecular flexibility index (Phi) is 4.50. The number of halogens is 2. The fraction of sp³-hybridized carbons (Fsp3) is 0.0667. The summed E-state index contributed by atoms with van der Waals surface area (Å²) in [6, 6.07) is 8.57. The first-order valence-corrected chi connectivity index (χ1v) is 6.67. The molecule has 0 saturated carbocycles. The van der Waals surface area contributed by atoms with E-state index < -0.39 is 5.97 Å². The molecule has 0 bridgehead atoms. The van der Waals surface area contributed by atoms with Crippen LogP contribution in [0.4, 0.5) is 0 Å². The number of rotatable bonds is 4. The molecule has 2 N–H and O–H groups in total. The molecule has 2 aromatic rings. The summed E-state index contributed by atoms with van der Waals surface area (Å²) in [6.45, 7) is 0. The first-order valence-electron chi connectivity index (χ1n) is 5.92. The van der Waals surface area contributed by atoms with Crippen molar-refractivity contribution in [3.63, 3.8) is 0 Å². The summed E-state index contributed by atoms with van der Waals surface area (Å²) in [5.74, 6) is -1.69.